The molecule has 0 aromatic heterocycles. The summed E-state index contributed by atoms with van der Waals surface area (Å²) in [6.45, 7) is 8.51. The predicted molar refractivity (Wildman–Crippen MR) is 118 cm³/mol. The third-order valence-electron chi connectivity index (χ3n) is 10.4. The van der Waals surface area contributed by atoms with Crippen molar-refractivity contribution >= 4 is 5.97 Å². The minimum absolute atomic E-state index is 0.0198. The van der Waals surface area contributed by atoms with Gasteiger partial charge in [0.15, 0.2) is 0 Å². The van der Waals surface area contributed by atoms with Crippen molar-refractivity contribution in [3.8, 4) is 0 Å². The van der Waals surface area contributed by atoms with Crippen LogP contribution in [0.2, 0.25) is 0 Å². The highest BCUT2D eigenvalue weighted by molar-refractivity contribution is 5.66. The molecule has 0 amide bonds. The number of carbonyl (C=O) groups is 1. The van der Waals surface area contributed by atoms with E-state index in [9.17, 15) is 21.5 Å². The van der Waals surface area contributed by atoms with Crippen LogP contribution in [0, 0.1) is 52.3 Å². The number of hydrogen-bond donors (Lipinski definition) is 3. The van der Waals surface area contributed by atoms with E-state index in [1.54, 1.807) is 0 Å². The lowest BCUT2D eigenvalue weighted by molar-refractivity contribution is -0.203. The Morgan fingerprint density at radius 3 is 2.43 bits per heavy atom. The molecule has 4 nitrogen and oxygen atoms in total. The van der Waals surface area contributed by atoms with E-state index in [0.717, 1.165) is 32.1 Å². The lowest BCUT2D eigenvalue weighted by Crippen LogP contribution is -2.62. The van der Waals surface area contributed by atoms with Crippen LogP contribution in [0.3, 0.4) is 0 Å². The number of hydrogen-bond acceptors (Lipinski definition) is 3. The topological polar surface area (TPSA) is 77.8 Å². The summed E-state index contributed by atoms with van der Waals surface area (Å²) in [5.74, 6) is -1.58. The Labute approximate surface area is 188 Å². The summed E-state index contributed by atoms with van der Waals surface area (Å²) in [5, 5.41) is 31.8. The van der Waals surface area contributed by atoms with Crippen molar-refractivity contribution in [2.24, 2.45) is 52.3 Å². The molecule has 0 aliphatic heterocycles. The van der Waals surface area contributed by atoms with Crippen LogP contribution >= 0.6 is 0 Å². The zero-order valence-corrected chi connectivity index (χ0v) is 19.2. The quantitative estimate of drug-likeness (QED) is 0.573. The Balaban J connectivity index is 1.68. The van der Waals surface area contributed by atoms with E-state index in [-0.39, 0.29) is 58.7 Å². The van der Waals surface area contributed by atoms with E-state index in [0.29, 0.717) is 19.3 Å². The number of fused-ring (bicyclic) bond motifs is 5. The highest BCUT2D eigenvalue weighted by atomic mass is 16.4. The van der Waals surface area contributed by atoms with E-state index < -0.39 is 24.5 Å². The van der Waals surface area contributed by atoms with Gasteiger partial charge >= 0.3 is 5.97 Å². The first-order valence-corrected chi connectivity index (χ1v) is 12.2. The molecule has 0 heterocycles. The van der Waals surface area contributed by atoms with Gasteiger partial charge in [-0.3, -0.25) is 4.79 Å². The lowest BCUT2D eigenvalue weighted by atomic mass is 9.41. The summed E-state index contributed by atoms with van der Waals surface area (Å²) in [5.41, 5.74) is -0.270. The number of aliphatic hydroxyl groups is 2. The molecule has 30 heavy (non-hydrogen) atoms. The second kappa shape index (κ2) is 8.06. The van der Waals surface area contributed by atoms with Crippen LogP contribution in [0.5, 0.6) is 0 Å². The van der Waals surface area contributed by atoms with Gasteiger partial charge in [-0.1, -0.05) is 34.1 Å². The Hall–Kier alpha value is -0.610. The van der Waals surface area contributed by atoms with Gasteiger partial charge in [0.25, 0.3) is 0 Å². The van der Waals surface area contributed by atoms with Crippen LogP contribution in [0.25, 0.3) is 0 Å². The van der Waals surface area contributed by atoms with Gasteiger partial charge in [-0.15, -0.1) is 0 Å². The summed E-state index contributed by atoms with van der Waals surface area (Å²) in [6.07, 6.45) is 0.318. The highest BCUT2D eigenvalue weighted by Gasteiger charge is 2.64. The second-order valence-corrected chi connectivity index (χ2v) is 11.5. The van der Waals surface area contributed by atoms with Gasteiger partial charge in [-0.2, -0.15) is 0 Å². The van der Waals surface area contributed by atoms with Crippen LogP contribution in [-0.4, -0.2) is 33.4 Å². The fourth-order valence-corrected chi connectivity index (χ4v) is 8.86. The fourth-order valence-electron chi connectivity index (χ4n) is 8.86. The Kier molecular flexibility index (Phi) is 4.81. The monoisotopic (exact) mass is 424 g/mol. The SMILES string of the molecule is [2H]C([2H])(C[C@@H](C)[C@H]1CCC2C3C(CC[C@@]21C)[C@@]1(C)CC[C@@]([2H])(O)C[C@H]1[C@@H](CC)[C@@]3([2H])O)C(=O)O. The standard InChI is InChI=1S/C26H44O4/c1-5-17-21-14-16(27)10-12-26(21,4)20-11-13-25(3)18(15(2)6-9-22(28)29)7-8-19(25)23(20)24(17)30/h15-21,23-24,27,30H,5-14H2,1-4H3,(H,28,29)/t15-,16-,17-,18-,19?,20?,21+,23?,24-,25-,26-/m1/s1/i9D2,16D,24D. The average Bonchev–Trinajstić information content (AvgIpc) is 3.06. The molecule has 3 unspecified atom stereocenters. The molecule has 0 bridgehead atoms. The van der Waals surface area contributed by atoms with Crippen molar-refractivity contribution in [3.05, 3.63) is 0 Å². The van der Waals surface area contributed by atoms with Crippen molar-refractivity contribution < 1.29 is 25.6 Å². The molecule has 4 heteroatoms. The Bertz CT molecular complexity index is 817. The first-order chi connectivity index (χ1) is 15.5. The van der Waals surface area contributed by atoms with Crippen LogP contribution in [-0.2, 0) is 4.79 Å². The second-order valence-electron chi connectivity index (χ2n) is 11.5. The van der Waals surface area contributed by atoms with Crippen LogP contribution < -0.4 is 0 Å². The lowest BCUT2D eigenvalue weighted by Gasteiger charge is -2.64. The van der Waals surface area contributed by atoms with Crippen molar-refractivity contribution in [1.29, 1.82) is 0 Å². The average molecular weight is 425 g/mol. The van der Waals surface area contributed by atoms with Gasteiger partial charge in [0.05, 0.1) is 14.9 Å². The van der Waals surface area contributed by atoms with E-state index in [1.165, 1.54) is 0 Å². The third-order valence-corrected chi connectivity index (χ3v) is 10.4. The van der Waals surface area contributed by atoms with E-state index in [4.69, 9.17) is 4.11 Å². The Morgan fingerprint density at radius 1 is 1.10 bits per heavy atom. The molecule has 0 radical (unpaired) electrons. The van der Waals surface area contributed by atoms with Crippen LogP contribution in [0.4, 0.5) is 0 Å². The smallest absolute Gasteiger partial charge is 0.303 e. The van der Waals surface area contributed by atoms with E-state index in [1.807, 2.05) is 13.8 Å². The molecule has 4 aliphatic rings. The number of rotatable bonds is 5. The first kappa shape index (κ1) is 17.9. The zero-order valence-electron chi connectivity index (χ0n) is 23.2. The third kappa shape index (κ3) is 3.36. The van der Waals surface area contributed by atoms with E-state index in [2.05, 4.69) is 13.8 Å². The van der Waals surface area contributed by atoms with Gasteiger partial charge in [-0.25, -0.2) is 0 Å². The predicted octanol–water partition coefficient (Wildman–Crippen LogP) is 5.11. The van der Waals surface area contributed by atoms with Gasteiger partial charge in [-0.05, 0) is 104 Å². The van der Waals surface area contributed by atoms with Gasteiger partial charge in [0.1, 0.15) is 0 Å². The summed E-state index contributed by atoms with van der Waals surface area (Å²) in [6, 6.07) is 0. The maximum atomic E-state index is 11.9. The zero-order chi connectivity index (χ0) is 25.5. The van der Waals surface area contributed by atoms with Crippen molar-refractivity contribution in [2.45, 2.75) is 104 Å². The summed E-state index contributed by atoms with van der Waals surface area (Å²) in [4.78, 5) is 11.4. The molecule has 4 aliphatic carbocycles. The highest BCUT2D eigenvalue weighted by Crippen LogP contribution is 2.69. The molecular formula is C26H44O4. The van der Waals surface area contributed by atoms with Gasteiger partial charge in [0, 0.05) is 9.11 Å². The molecule has 0 aromatic carbocycles. The summed E-state index contributed by atoms with van der Waals surface area (Å²) >= 11 is 0. The number of carboxylic acid groups (broad SMARTS) is 1. The summed E-state index contributed by atoms with van der Waals surface area (Å²) < 4.78 is 33.6. The number of aliphatic carboxylic acids is 1. The molecule has 0 saturated heterocycles. The minimum Gasteiger partial charge on any atom is -0.481 e. The van der Waals surface area contributed by atoms with Gasteiger partial charge in [0.2, 0.25) is 0 Å². The minimum atomic E-state index is -2.25. The molecule has 172 valence electrons. The number of carboxylic acids is 1. The van der Waals surface area contributed by atoms with Gasteiger partial charge < -0.3 is 15.3 Å². The molecule has 3 N–H and O–H groups in total. The normalized spacial score (nSPS) is 58.9. The van der Waals surface area contributed by atoms with Crippen molar-refractivity contribution in [1.82, 2.24) is 0 Å². The molecular weight excluding hydrogens is 376 g/mol. The largest absolute Gasteiger partial charge is 0.481 e. The van der Waals surface area contributed by atoms with Crippen molar-refractivity contribution in [3.63, 3.8) is 0 Å². The van der Waals surface area contributed by atoms with Crippen LogP contribution in [0.15, 0.2) is 0 Å². The molecule has 0 aromatic rings. The molecule has 4 rings (SSSR count). The fraction of sp³-hybridized carbons (Fsp3) is 0.962. The molecule has 11 atom stereocenters. The molecule has 4 fully saturated rings. The maximum Gasteiger partial charge on any atom is 0.303 e. The Morgan fingerprint density at radius 2 is 1.77 bits per heavy atom. The first-order valence-electron chi connectivity index (χ1n) is 14.2. The van der Waals surface area contributed by atoms with Crippen molar-refractivity contribution in [2.75, 3.05) is 0 Å². The molecule has 0 spiro atoms. The van der Waals surface area contributed by atoms with Crippen LogP contribution in [0.1, 0.15) is 97.3 Å². The maximum absolute atomic E-state index is 11.9. The molecule has 4 saturated carbocycles. The summed E-state index contributed by atoms with van der Waals surface area (Å²) in [7, 11) is 0. The van der Waals surface area contributed by atoms with E-state index >= 15 is 0 Å².